The van der Waals surface area contributed by atoms with E-state index >= 15 is 0 Å². The second kappa shape index (κ2) is 8.72. The molecule has 1 atom stereocenters. The SMILES string of the molecule is O=C(CC[C@H]1CN(c2ccc(N3CCCSCC3)c(F)c2)C(=O)O1)C1CCC1. The highest BCUT2D eigenvalue weighted by molar-refractivity contribution is 7.99. The maximum atomic E-state index is 14.8. The molecule has 0 bridgehead atoms. The van der Waals surface area contributed by atoms with Gasteiger partial charge in [0.15, 0.2) is 0 Å². The Labute approximate surface area is 169 Å². The number of cyclic esters (lactones) is 1. The van der Waals surface area contributed by atoms with Crippen LogP contribution in [-0.4, -0.2) is 49.1 Å². The van der Waals surface area contributed by atoms with Crippen LogP contribution in [0.5, 0.6) is 0 Å². The smallest absolute Gasteiger partial charge is 0.414 e. The van der Waals surface area contributed by atoms with E-state index in [1.165, 1.54) is 11.0 Å². The average Bonchev–Trinajstić information content (AvgIpc) is 2.82. The summed E-state index contributed by atoms with van der Waals surface area (Å²) >= 11 is 1.90. The van der Waals surface area contributed by atoms with Crippen molar-refractivity contribution in [3.63, 3.8) is 0 Å². The first kappa shape index (κ1) is 19.6. The molecule has 1 saturated carbocycles. The molecule has 1 aliphatic carbocycles. The number of halogens is 1. The number of ketones is 1. The van der Waals surface area contributed by atoms with Crippen molar-refractivity contribution < 1.29 is 18.7 Å². The fourth-order valence-corrected chi connectivity index (χ4v) is 4.91. The van der Waals surface area contributed by atoms with Gasteiger partial charge in [0.2, 0.25) is 0 Å². The van der Waals surface area contributed by atoms with Gasteiger partial charge >= 0.3 is 6.09 Å². The molecule has 152 valence electrons. The van der Waals surface area contributed by atoms with Crippen molar-refractivity contribution in [3.05, 3.63) is 24.0 Å². The van der Waals surface area contributed by atoms with Crippen molar-refractivity contribution in [2.75, 3.05) is 40.9 Å². The number of Topliss-reactive ketones (excluding diaryl/α,β-unsaturated/α-hetero) is 1. The monoisotopic (exact) mass is 406 g/mol. The molecule has 1 aromatic rings. The number of carbonyl (C=O) groups excluding carboxylic acids is 2. The highest BCUT2D eigenvalue weighted by atomic mass is 32.2. The van der Waals surface area contributed by atoms with Gasteiger partial charge in [0, 0.05) is 31.2 Å². The van der Waals surface area contributed by atoms with E-state index in [1.54, 1.807) is 12.1 Å². The first-order valence-electron chi connectivity index (χ1n) is 10.2. The minimum Gasteiger partial charge on any atom is -0.444 e. The van der Waals surface area contributed by atoms with E-state index in [9.17, 15) is 14.0 Å². The molecule has 0 N–H and O–H groups in total. The van der Waals surface area contributed by atoms with Gasteiger partial charge < -0.3 is 9.64 Å². The number of hydrogen-bond acceptors (Lipinski definition) is 5. The van der Waals surface area contributed by atoms with Gasteiger partial charge in [-0.25, -0.2) is 9.18 Å². The van der Waals surface area contributed by atoms with Crippen LogP contribution in [0.4, 0.5) is 20.6 Å². The summed E-state index contributed by atoms with van der Waals surface area (Å²) in [5.41, 5.74) is 1.12. The van der Waals surface area contributed by atoms with Crippen LogP contribution < -0.4 is 9.80 Å². The van der Waals surface area contributed by atoms with Crippen LogP contribution in [0.1, 0.15) is 38.5 Å². The minimum atomic E-state index is -0.459. The predicted molar refractivity (Wildman–Crippen MR) is 110 cm³/mol. The molecule has 4 rings (SSSR count). The van der Waals surface area contributed by atoms with E-state index in [4.69, 9.17) is 4.74 Å². The molecule has 3 aliphatic rings. The molecule has 7 heteroatoms. The Balaban J connectivity index is 1.37. The minimum absolute atomic E-state index is 0.215. The number of benzene rings is 1. The topological polar surface area (TPSA) is 49.9 Å². The van der Waals surface area contributed by atoms with Gasteiger partial charge in [-0.1, -0.05) is 6.42 Å². The molecule has 0 aromatic heterocycles. The van der Waals surface area contributed by atoms with E-state index in [0.717, 1.165) is 50.3 Å². The average molecular weight is 407 g/mol. The van der Waals surface area contributed by atoms with E-state index in [-0.39, 0.29) is 23.6 Å². The van der Waals surface area contributed by atoms with Crippen LogP contribution in [0.2, 0.25) is 0 Å². The number of amides is 1. The van der Waals surface area contributed by atoms with Gasteiger partial charge in [0.05, 0.1) is 17.9 Å². The molecular formula is C21H27FN2O3S. The number of carbonyl (C=O) groups is 2. The normalized spacial score (nSPS) is 23.3. The third-order valence-corrected chi connectivity index (χ3v) is 7.00. The van der Waals surface area contributed by atoms with E-state index in [0.29, 0.717) is 30.8 Å². The standard InChI is InChI=1S/C21H27FN2O3S/c22-18-13-16(5-7-19(18)23-9-2-11-28-12-10-23)24-14-17(27-21(24)26)6-8-20(25)15-3-1-4-15/h5,7,13,15,17H,1-4,6,8-12,14H2/t17-/m0/s1. The lowest BCUT2D eigenvalue weighted by Gasteiger charge is -2.24. The number of rotatable bonds is 6. The fraction of sp³-hybridized carbons (Fsp3) is 0.619. The molecule has 5 nitrogen and oxygen atoms in total. The molecule has 2 aliphatic heterocycles. The van der Waals surface area contributed by atoms with Gasteiger partial charge in [-0.05, 0) is 49.6 Å². The quantitative estimate of drug-likeness (QED) is 0.707. The summed E-state index contributed by atoms with van der Waals surface area (Å²) in [5, 5.41) is 0. The molecule has 0 radical (unpaired) electrons. The summed E-state index contributed by atoms with van der Waals surface area (Å²) in [6, 6.07) is 4.98. The lowest BCUT2D eigenvalue weighted by atomic mass is 9.80. The van der Waals surface area contributed by atoms with Crippen LogP contribution in [0.3, 0.4) is 0 Å². The van der Waals surface area contributed by atoms with Crippen molar-refractivity contribution >= 4 is 35.0 Å². The Kier molecular flexibility index (Phi) is 6.09. The maximum absolute atomic E-state index is 14.8. The first-order chi connectivity index (χ1) is 13.6. The summed E-state index contributed by atoms with van der Waals surface area (Å²) in [4.78, 5) is 27.9. The van der Waals surface area contributed by atoms with Crippen molar-refractivity contribution in [1.82, 2.24) is 0 Å². The van der Waals surface area contributed by atoms with Crippen LogP contribution in [0.15, 0.2) is 18.2 Å². The zero-order valence-corrected chi connectivity index (χ0v) is 16.9. The first-order valence-corrected chi connectivity index (χ1v) is 11.4. The molecule has 1 amide bonds. The molecule has 2 heterocycles. The third-order valence-electron chi connectivity index (χ3n) is 5.95. The molecule has 3 fully saturated rings. The Morgan fingerprint density at radius 1 is 1.21 bits per heavy atom. The molecule has 2 saturated heterocycles. The summed E-state index contributed by atoms with van der Waals surface area (Å²) in [6.07, 6.45) is 4.42. The molecule has 0 unspecified atom stereocenters. The van der Waals surface area contributed by atoms with Gasteiger partial charge in [0.1, 0.15) is 17.7 Å². The predicted octanol–water partition coefficient (Wildman–Crippen LogP) is 4.24. The van der Waals surface area contributed by atoms with E-state index in [1.807, 2.05) is 11.8 Å². The van der Waals surface area contributed by atoms with E-state index < -0.39 is 6.09 Å². The Morgan fingerprint density at radius 2 is 2.07 bits per heavy atom. The molecule has 1 aromatic carbocycles. The van der Waals surface area contributed by atoms with E-state index in [2.05, 4.69) is 4.90 Å². The highest BCUT2D eigenvalue weighted by Crippen LogP contribution is 2.31. The van der Waals surface area contributed by atoms with Gasteiger partial charge in [-0.3, -0.25) is 9.69 Å². The number of ether oxygens (including phenoxy) is 1. The maximum Gasteiger partial charge on any atom is 0.414 e. The Bertz CT molecular complexity index is 732. The van der Waals surface area contributed by atoms with Crippen molar-refractivity contribution in [1.29, 1.82) is 0 Å². The summed E-state index contributed by atoms with van der Waals surface area (Å²) in [7, 11) is 0. The zero-order valence-electron chi connectivity index (χ0n) is 16.1. The number of nitrogens with zero attached hydrogens (tertiary/aromatic N) is 2. The molecule has 28 heavy (non-hydrogen) atoms. The van der Waals surface area contributed by atoms with Crippen molar-refractivity contribution in [2.45, 2.75) is 44.6 Å². The Hall–Kier alpha value is -1.76. The number of hydrogen-bond donors (Lipinski definition) is 0. The van der Waals surface area contributed by atoms with Crippen molar-refractivity contribution in [3.8, 4) is 0 Å². The van der Waals surface area contributed by atoms with Crippen LogP contribution >= 0.6 is 11.8 Å². The summed E-state index contributed by atoms with van der Waals surface area (Å²) in [5.74, 6) is 2.31. The largest absolute Gasteiger partial charge is 0.444 e. The summed E-state index contributed by atoms with van der Waals surface area (Å²) < 4.78 is 20.2. The number of thioether (sulfide) groups is 1. The number of anilines is 2. The van der Waals surface area contributed by atoms with Crippen LogP contribution in [0.25, 0.3) is 0 Å². The summed E-state index contributed by atoms with van der Waals surface area (Å²) in [6.45, 7) is 2.06. The van der Waals surface area contributed by atoms with Gasteiger partial charge in [-0.2, -0.15) is 11.8 Å². The third kappa shape index (κ3) is 4.29. The lowest BCUT2D eigenvalue weighted by molar-refractivity contribution is -0.125. The zero-order chi connectivity index (χ0) is 19.5. The van der Waals surface area contributed by atoms with Gasteiger partial charge in [0.25, 0.3) is 0 Å². The second-order valence-corrected chi connectivity index (χ2v) is 9.06. The van der Waals surface area contributed by atoms with Gasteiger partial charge in [-0.15, -0.1) is 0 Å². The fourth-order valence-electron chi connectivity index (χ4n) is 4.03. The molecular weight excluding hydrogens is 379 g/mol. The lowest BCUT2D eigenvalue weighted by Crippen LogP contribution is -2.28. The van der Waals surface area contributed by atoms with Crippen LogP contribution in [0, 0.1) is 11.7 Å². The second-order valence-electron chi connectivity index (χ2n) is 7.84. The highest BCUT2D eigenvalue weighted by Gasteiger charge is 2.34. The van der Waals surface area contributed by atoms with Crippen LogP contribution in [-0.2, 0) is 9.53 Å². The molecule has 0 spiro atoms. The Morgan fingerprint density at radius 3 is 2.82 bits per heavy atom. The van der Waals surface area contributed by atoms with Crippen molar-refractivity contribution in [2.24, 2.45) is 5.92 Å².